The molecule has 0 fully saturated rings. The highest BCUT2D eigenvalue weighted by atomic mass is 19.2. The maximum atomic E-state index is 15.6. The average Bonchev–Trinajstić information content (AvgIpc) is 3.53. The Balaban J connectivity index is 1.21. The summed E-state index contributed by atoms with van der Waals surface area (Å²) in [6.07, 6.45) is 0. The molecule has 7 heteroatoms. The van der Waals surface area contributed by atoms with Crippen LogP contribution in [0.25, 0.3) is 70.9 Å². The summed E-state index contributed by atoms with van der Waals surface area (Å²) in [4.78, 5) is 2.20. The fourth-order valence-corrected chi connectivity index (χ4v) is 7.99. The lowest BCUT2D eigenvalue weighted by Gasteiger charge is -2.25. The highest BCUT2D eigenvalue weighted by Crippen LogP contribution is 2.46. The van der Waals surface area contributed by atoms with Crippen LogP contribution < -0.4 is 4.90 Å². The first-order chi connectivity index (χ1) is 25.9. The third kappa shape index (κ3) is 4.50. The van der Waals surface area contributed by atoms with Gasteiger partial charge in [0.15, 0.2) is 23.3 Å². The van der Waals surface area contributed by atoms with E-state index < -0.39 is 34.8 Å². The number of hydrogen-bond acceptors (Lipinski definition) is 1. The van der Waals surface area contributed by atoms with Gasteiger partial charge in [-0.1, -0.05) is 103 Å². The highest BCUT2D eigenvalue weighted by Gasteiger charge is 2.30. The van der Waals surface area contributed by atoms with Crippen molar-refractivity contribution in [1.82, 2.24) is 4.57 Å². The van der Waals surface area contributed by atoms with E-state index in [4.69, 9.17) is 0 Å². The van der Waals surface area contributed by atoms with E-state index in [1.165, 1.54) is 4.57 Å². The molecular formula is C46H25F5N2. The van der Waals surface area contributed by atoms with Gasteiger partial charge >= 0.3 is 0 Å². The molecule has 10 aromatic rings. The van der Waals surface area contributed by atoms with E-state index in [9.17, 15) is 13.2 Å². The number of anilines is 3. The van der Waals surface area contributed by atoms with Gasteiger partial charge in [-0.3, -0.25) is 0 Å². The van der Waals surface area contributed by atoms with Gasteiger partial charge in [0.2, 0.25) is 5.82 Å². The summed E-state index contributed by atoms with van der Waals surface area (Å²) in [6, 6.07) is 49.6. The molecule has 254 valence electrons. The highest BCUT2D eigenvalue weighted by molar-refractivity contribution is 6.32. The van der Waals surface area contributed by atoms with Crippen LogP contribution >= 0.6 is 0 Å². The molecule has 2 nitrogen and oxygen atoms in total. The van der Waals surface area contributed by atoms with Crippen LogP contribution in [0.15, 0.2) is 152 Å². The molecule has 0 N–H and O–H groups in total. The second-order valence-corrected chi connectivity index (χ2v) is 13.1. The quantitative estimate of drug-likeness (QED) is 0.0751. The van der Waals surface area contributed by atoms with Gasteiger partial charge in [-0.15, -0.1) is 0 Å². The monoisotopic (exact) mass is 700 g/mol. The van der Waals surface area contributed by atoms with Crippen molar-refractivity contribution in [2.75, 3.05) is 4.90 Å². The first-order valence-electron chi connectivity index (χ1n) is 17.1. The van der Waals surface area contributed by atoms with Crippen molar-refractivity contribution in [3.05, 3.63) is 181 Å². The van der Waals surface area contributed by atoms with E-state index in [1.807, 2.05) is 60.7 Å². The zero-order chi connectivity index (χ0) is 36.0. The number of aromatic nitrogens is 1. The number of hydrogen-bond donors (Lipinski definition) is 0. The Hall–Kier alpha value is -6.73. The third-order valence-electron chi connectivity index (χ3n) is 10.3. The molecule has 0 amide bonds. The number of nitrogens with zero attached hydrogens (tertiary/aromatic N) is 2. The molecular weight excluding hydrogens is 676 g/mol. The molecule has 0 spiro atoms. The van der Waals surface area contributed by atoms with E-state index in [0.29, 0.717) is 27.2 Å². The molecule has 0 aliphatic carbocycles. The molecule has 1 heterocycles. The topological polar surface area (TPSA) is 8.17 Å². The van der Waals surface area contributed by atoms with Gasteiger partial charge in [0.25, 0.3) is 0 Å². The zero-order valence-corrected chi connectivity index (χ0v) is 27.7. The van der Waals surface area contributed by atoms with E-state index in [2.05, 4.69) is 71.6 Å². The van der Waals surface area contributed by atoms with Crippen molar-refractivity contribution in [2.45, 2.75) is 0 Å². The van der Waals surface area contributed by atoms with Crippen molar-refractivity contribution in [3.63, 3.8) is 0 Å². The van der Waals surface area contributed by atoms with Crippen molar-refractivity contribution >= 4 is 71.2 Å². The minimum absolute atomic E-state index is 0.321. The lowest BCUT2D eigenvalue weighted by Crippen LogP contribution is -2.09. The summed E-state index contributed by atoms with van der Waals surface area (Å²) >= 11 is 0. The number of fused-ring (bicyclic) bond motifs is 4. The minimum atomic E-state index is -2.19. The van der Waals surface area contributed by atoms with Gasteiger partial charge < -0.3 is 9.47 Å². The standard InChI is InChI=1S/C46H25F5N2/c47-40-41(48)43(50)46(44(51)42(40)49)53-37-14-8-7-13-33(37)36-25-28-19-23-34-32(22-17-27-18-24-35(45(36)53)39(28)38(27)34)26-15-20-31(21-16-26)52(29-9-3-1-4-10-29)30-11-5-2-6-12-30/h1-25H. The second-order valence-electron chi connectivity index (χ2n) is 13.1. The Morgan fingerprint density at radius 1 is 0.396 bits per heavy atom. The predicted molar refractivity (Wildman–Crippen MR) is 204 cm³/mol. The summed E-state index contributed by atoms with van der Waals surface area (Å²) in [5.41, 5.74) is 4.70. The fraction of sp³-hybridized carbons (Fsp3) is 0. The van der Waals surface area contributed by atoms with Crippen LogP contribution in [0.3, 0.4) is 0 Å². The molecule has 0 saturated carbocycles. The molecule has 0 aliphatic rings. The van der Waals surface area contributed by atoms with Gasteiger partial charge in [0, 0.05) is 33.2 Å². The molecule has 0 bridgehead atoms. The van der Waals surface area contributed by atoms with Crippen molar-refractivity contribution < 1.29 is 22.0 Å². The Kier molecular flexibility index (Phi) is 6.82. The van der Waals surface area contributed by atoms with Gasteiger partial charge in [0.1, 0.15) is 5.69 Å². The molecule has 0 saturated heterocycles. The SMILES string of the molecule is Fc1c(F)c(F)c(-n2c3ccccc3c3cc4ccc5c(-c6ccc(N(c7ccccc7)c7ccccc7)cc6)ccc6ccc(c4c65)c32)c(F)c1F. The van der Waals surface area contributed by atoms with Gasteiger partial charge in [0.05, 0.1) is 11.0 Å². The van der Waals surface area contributed by atoms with Crippen LogP contribution in [0.4, 0.5) is 39.0 Å². The average molecular weight is 701 g/mol. The Bertz CT molecular complexity index is 2980. The summed E-state index contributed by atoms with van der Waals surface area (Å²) in [6.45, 7) is 0. The summed E-state index contributed by atoms with van der Waals surface area (Å²) in [7, 11) is 0. The van der Waals surface area contributed by atoms with E-state index in [-0.39, 0.29) is 0 Å². The smallest absolute Gasteiger partial charge is 0.200 e. The van der Waals surface area contributed by atoms with Gasteiger partial charge in [-0.2, -0.15) is 0 Å². The maximum absolute atomic E-state index is 15.6. The number of rotatable bonds is 5. The zero-order valence-electron chi connectivity index (χ0n) is 27.7. The van der Waals surface area contributed by atoms with Gasteiger partial charge in [-0.05, 0) is 86.6 Å². The molecule has 0 aliphatic heterocycles. The van der Waals surface area contributed by atoms with Crippen molar-refractivity contribution in [2.24, 2.45) is 0 Å². The fourth-order valence-electron chi connectivity index (χ4n) is 7.99. The summed E-state index contributed by atoms with van der Waals surface area (Å²) < 4.78 is 76.0. The van der Waals surface area contributed by atoms with Crippen molar-refractivity contribution in [1.29, 1.82) is 0 Å². The summed E-state index contributed by atoms with van der Waals surface area (Å²) in [5, 5.41) is 6.46. The Labute approximate surface area is 299 Å². The van der Waals surface area contributed by atoms with Crippen LogP contribution in [0, 0.1) is 29.1 Å². The van der Waals surface area contributed by atoms with Crippen LogP contribution in [-0.2, 0) is 0 Å². The van der Waals surface area contributed by atoms with Crippen LogP contribution in [0.2, 0.25) is 0 Å². The van der Waals surface area contributed by atoms with Crippen LogP contribution in [-0.4, -0.2) is 4.57 Å². The second kappa shape index (κ2) is 11.6. The molecule has 0 atom stereocenters. The maximum Gasteiger partial charge on any atom is 0.200 e. The molecule has 53 heavy (non-hydrogen) atoms. The minimum Gasteiger partial charge on any atom is -0.311 e. The molecule has 9 aromatic carbocycles. The van der Waals surface area contributed by atoms with E-state index in [0.717, 1.165) is 55.1 Å². The van der Waals surface area contributed by atoms with E-state index >= 15 is 8.78 Å². The first-order valence-corrected chi connectivity index (χ1v) is 17.1. The largest absolute Gasteiger partial charge is 0.311 e. The number of halogens is 5. The number of benzene rings is 9. The van der Waals surface area contributed by atoms with Crippen LogP contribution in [0.5, 0.6) is 0 Å². The molecule has 0 unspecified atom stereocenters. The molecule has 10 rings (SSSR count). The van der Waals surface area contributed by atoms with Crippen molar-refractivity contribution in [3.8, 4) is 16.8 Å². The van der Waals surface area contributed by atoms with E-state index in [1.54, 1.807) is 24.3 Å². The summed E-state index contributed by atoms with van der Waals surface area (Å²) in [5.74, 6) is -9.96. The Morgan fingerprint density at radius 3 is 1.60 bits per heavy atom. The molecule has 0 radical (unpaired) electrons. The third-order valence-corrected chi connectivity index (χ3v) is 10.3. The first kappa shape index (κ1) is 31.0. The lowest BCUT2D eigenvalue weighted by molar-refractivity contribution is 0.376. The normalized spacial score (nSPS) is 11.9. The molecule has 1 aromatic heterocycles. The Morgan fingerprint density at radius 2 is 0.925 bits per heavy atom. The van der Waals surface area contributed by atoms with Crippen LogP contribution in [0.1, 0.15) is 0 Å². The lowest BCUT2D eigenvalue weighted by atomic mass is 9.89. The number of para-hydroxylation sites is 3. The predicted octanol–water partition coefficient (Wildman–Crippen LogP) is 13.5. The van der Waals surface area contributed by atoms with Gasteiger partial charge in [-0.25, -0.2) is 22.0 Å².